The molecule has 1 N–H and O–H groups in total. The van der Waals surface area contributed by atoms with Crippen LogP contribution in [-0.4, -0.2) is 44.0 Å². The van der Waals surface area contributed by atoms with Gasteiger partial charge in [-0.1, -0.05) is 17.7 Å². The van der Waals surface area contributed by atoms with Crippen molar-refractivity contribution in [2.24, 2.45) is 5.10 Å². The number of nitrogens with zero attached hydrogens (tertiary/aromatic N) is 4. The zero-order valence-corrected chi connectivity index (χ0v) is 21.5. The number of nitrogens with one attached hydrogen (secondary N) is 1. The first kappa shape index (κ1) is 28.0. The Morgan fingerprint density at radius 1 is 1.08 bits per heavy atom. The number of halogens is 1. The van der Waals surface area contributed by atoms with E-state index in [4.69, 9.17) is 16.3 Å². The van der Waals surface area contributed by atoms with Crippen LogP contribution >= 0.6 is 11.6 Å². The number of methoxy groups -OCH3 is 1. The Morgan fingerprint density at radius 3 is 2.37 bits per heavy atom. The summed E-state index contributed by atoms with van der Waals surface area (Å²) in [5, 5.41) is 26.2. The standard InChI is InChI=1S/C23H20ClN5O8S/c1-15-3-9-20(12-22(15)29(33)34)38(35,36)27(17-4-7-19(37-2)8-5-17)14-23(30)26-25-13-16-11-18(28(31)32)6-10-21(16)24/h3-13H,14H2,1-2H3,(H,26,30)/b25-13-. The lowest BCUT2D eigenvalue weighted by atomic mass is 10.2. The second-order valence-corrected chi connectivity index (χ2v) is 9.94. The first-order valence-electron chi connectivity index (χ1n) is 10.6. The van der Waals surface area contributed by atoms with Crippen molar-refractivity contribution in [3.63, 3.8) is 0 Å². The van der Waals surface area contributed by atoms with Gasteiger partial charge in [0.25, 0.3) is 27.3 Å². The largest absolute Gasteiger partial charge is 0.497 e. The molecule has 0 spiro atoms. The quantitative estimate of drug-likeness (QED) is 0.221. The Bertz CT molecular complexity index is 1530. The Morgan fingerprint density at radius 2 is 1.76 bits per heavy atom. The van der Waals surface area contributed by atoms with Crippen molar-refractivity contribution in [3.8, 4) is 5.75 Å². The van der Waals surface area contributed by atoms with E-state index in [9.17, 15) is 33.4 Å². The monoisotopic (exact) mass is 561 g/mol. The molecular formula is C23H20ClN5O8S. The molecule has 0 aliphatic heterocycles. The van der Waals surface area contributed by atoms with Crippen LogP contribution in [0.1, 0.15) is 11.1 Å². The number of ether oxygens (including phenoxy) is 1. The molecule has 0 unspecified atom stereocenters. The molecule has 0 heterocycles. The van der Waals surface area contributed by atoms with Crippen LogP contribution in [0.15, 0.2) is 70.7 Å². The number of anilines is 1. The number of nitro benzene ring substituents is 2. The van der Waals surface area contributed by atoms with Crippen molar-refractivity contribution in [3.05, 3.63) is 97.0 Å². The fourth-order valence-corrected chi connectivity index (χ4v) is 4.83. The summed E-state index contributed by atoms with van der Waals surface area (Å²) in [6, 6.07) is 12.8. The van der Waals surface area contributed by atoms with E-state index in [-0.39, 0.29) is 27.5 Å². The maximum atomic E-state index is 13.5. The molecule has 3 aromatic carbocycles. The van der Waals surface area contributed by atoms with Gasteiger partial charge in [0.05, 0.1) is 33.8 Å². The first-order chi connectivity index (χ1) is 17.9. The fourth-order valence-electron chi connectivity index (χ4n) is 3.22. The number of sulfonamides is 1. The van der Waals surface area contributed by atoms with E-state index in [0.29, 0.717) is 5.75 Å². The van der Waals surface area contributed by atoms with Gasteiger partial charge >= 0.3 is 0 Å². The number of non-ortho nitro benzene ring substituents is 1. The summed E-state index contributed by atoms with van der Waals surface area (Å²) in [5.74, 6) is -0.441. The van der Waals surface area contributed by atoms with Crippen LogP contribution in [0.2, 0.25) is 5.02 Å². The van der Waals surface area contributed by atoms with Crippen molar-refractivity contribution in [1.82, 2.24) is 5.43 Å². The number of carbonyl (C=O) groups excluding carboxylic acids is 1. The highest BCUT2D eigenvalue weighted by atomic mass is 35.5. The number of carbonyl (C=O) groups is 1. The Balaban J connectivity index is 1.92. The summed E-state index contributed by atoms with van der Waals surface area (Å²) in [6.45, 7) is 0.713. The minimum Gasteiger partial charge on any atom is -0.497 e. The predicted molar refractivity (Wildman–Crippen MR) is 139 cm³/mol. The number of hydrogen-bond acceptors (Lipinski definition) is 9. The summed E-state index contributed by atoms with van der Waals surface area (Å²) in [7, 11) is -3.04. The van der Waals surface area contributed by atoms with Crippen LogP contribution < -0.4 is 14.5 Å². The van der Waals surface area contributed by atoms with Gasteiger partial charge in [0, 0.05) is 34.3 Å². The molecule has 0 saturated heterocycles. The van der Waals surface area contributed by atoms with Crippen LogP contribution in [0, 0.1) is 27.2 Å². The van der Waals surface area contributed by atoms with Crippen LogP contribution in [0.25, 0.3) is 0 Å². The van der Waals surface area contributed by atoms with Gasteiger partial charge in [-0.15, -0.1) is 0 Å². The molecule has 0 radical (unpaired) electrons. The molecule has 38 heavy (non-hydrogen) atoms. The van der Waals surface area contributed by atoms with Gasteiger partial charge in [0.15, 0.2) is 0 Å². The Labute approximate surface area is 221 Å². The topological polar surface area (TPSA) is 174 Å². The van der Waals surface area contributed by atoms with Crippen LogP contribution in [0.4, 0.5) is 17.1 Å². The predicted octanol–water partition coefficient (Wildman–Crippen LogP) is 3.82. The third-order valence-corrected chi connectivity index (χ3v) is 7.31. The summed E-state index contributed by atoms with van der Waals surface area (Å²) in [5.41, 5.74) is 2.00. The molecule has 0 bridgehead atoms. The zero-order chi connectivity index (χ0) is 28.0. The Hall–Kier alpha value is -4.56. The van der Waals surface area contributed by atoms with Crippen molar-refractivity contribution >= 4 is 50.8 Å². The lowest BCUT2D eigenvalue weighted by Crippen LogP contribution is -2.39. The highest BCUT2D eigenvalue weighted by Gasteiger charge is 2.29. The molecule has 0 aromatic heterocycles. The third-order valence-electron chi connectivity index (χ3n) is 5.20. The summed E-state index contributed by atoms with van der Waals surface area (Å²) >= 11 is 6.01. The molecule has 0 saturated carbocycles. The van der Waals surface area contributed by atoms with E-state index in [1.54, 1.807) is 0 Å². The summed E-state index contributed by atoms with van der Waals surface area (Å²) in [4.78, 5) is 33.3. The van der Waals surface area contributed by atoms with Crippen molar-refractivity contribution in [2.75, 3.05) is 18.0 Å². The zero-order valence-electron chi connectivity index (χ0n) is 19.9. The maximum Gasteiger partial charge on any atom is 0.273 e. The lowest BCUT2D eigenvalue weighted by molar-refractivity contribution is -0.385. The smallest absolute Gasteiger partial charge is 0.273 e. The van der Waals surface area contributed by atoms with Crippen LogP contribution in [0.3, 0.4) is 0 Å². The number of rotatable bonds is 10. The molecule has 0 fully saturated rings. The number of amides is 1. The molecule has 13 nitrogen and oxygen atoms in total. The lowest BCUT2D eigenvalue weighted by Gasteiger charge is -2.24. The molecule has 198 valence electrons. The van der Waals surface area contributed by atoms with Gasteiger partial charge in [-0.2, -0.15) is 5.10 Å². The highest BCUT2D eigenvalue weighted by Crippen LogP contribution is 2.29. The molecule has 3 rings (SSSR count). The van der Waals surface area contributed by atoms with Gasteiger partial charge in [-0.05, 0) is 43.3 Å². The molecule has 0 atom stereocenters. The number of nitro groups is 2. The minimum atomic E-state index is -4.46. The van der Waals surface area contributed by atoms with Crippen molar-refractivity contribution in [2.45, 2.75) is 11.8 Å². The average Bonchev–Trinajstić information content (AvgIpc) is 2.88. The van der Waals surface area contributed by atoms with E-state index in [1.165, 1.54) is 62.6 Å². The molecule has 15 heteroatoms. The fraction of sp³-hybridized carbons (Fsp3) is 0.130. The third kappa shape index (κ3) is 6.41. The number of hydrazone groups is 1. The molecule has 0 aliphatic rings. The van der Waals surface area contributed by atoms with Gasteiger partial charge in [0.2, 0.25) is 0 Å². The molecule has 0 aliphatic carbocycles. The second kappa shape index (κ2) is 11.7. The number of aryl methyl sites for hydroxylation is 1. The highest BCUT2D eigenvalue weighted by molar-refractivity contribution is 7.92. The molecule has 3 aromatic rings. The van der Waals surface area contributed by atoms with Gasteiger partial charge in [-0.25, -0.2) is 13.8 Å². The first-order valence-corrected chi connectivity index (χ1v) is 12.4. The van der Waals surface area contributed by atoms with Gasteiger partial charge in [-0.3, -0.25) is 29.3 Å². The van der Waals surface area contributed by atoms with Gasteiger partial charge < -0.3 is 4.74 Å². The van der Waals surface area contributed by atoms with E-state index < -0.39 is 42.9 Å². The normalized spacial score (nSPS) is 11.2. The minimum absolute atomic E-state index is 0.0786. The number of hydrogen-bond donors (Lipinski definition) is 1. The van der Waals surface area contributed by atoms with Crippen LogP contribution in [0.5, 0.6) is 5.75 Å². The summed E-state index contributed by atoms with van der Waals surface area (Å²) < 4.78 is 32.9. The second-order valence-electron chi connectivity index (χ2n) is 7.67. The van der Waals surface area contributed by atoms with E-state index >= 15 is 0 Å². The SMILES string of the molecule is COc1ccc(N(CC(=O)N/N=C\c2cc([N+](=O)[O-])ccc2Cl)S(=O)(=O)c2ccc(C)c([N+](=O)[O-])c2)cc1. The van der Waals surface area contributed by atoms with E-state index in [0.717, 1.165) is 22.7 Å². The average molecular weight is 562 g/mol. The van der Waals surface area contributed by atoms with E-state index in [1.807, 2.05) is 0 Å². The van der Waals surface area contributed by atoms with Crippen molar-refractivity contribution < 1.29 is 27.8 Å². The van der Waals surface area contributed by atoms with Crippen LogP contribution in [-0.2, 0) is 14.8 Å². The van der Waals surface area contributed by atoms with E-state index in [2.05, 4.69) is 10.5 Å². The van der Waals surface area contributed by atoms with Crippen molar-refractivity contribution in [1.29, 1.82) is 0 Å². The molecular weight excluding hydrogens is 542 g/mol. The summed E-state index contributed by atoms with van der Waals surface area (Å²) in [6.07, 6.45) is 1.07. The maximum absolute atomic E-state index is 13.5. The molecule has 1 amide bonds. The Kier molecular flexibility index (Phi) is 8.60. The van der Waals surface area contributed by atoms with Gasteiger partial charge in [0.1, 0.15) is 12.3 Å². The number of benzene rings is 3.